The van der Waals surface area contributed by atoms with E-state index >= 15 is 0 Å². The van der Waals surface area contributed by atoms with Crippen LogP contribution in [0.4, 0.5) is 9.52 Å². The van der Waals surface area contributed by atoms with Crippen molar-refractivity contribution in [3.63, 3.8) is 0 Å². The second-order valence-corrected chi connectivity index (χ2v) is 9.92. The molecule has 1 fully saturated rings. The third-order valence-corrected chi connectivity index (χ3v) is 7.68. The van der Waals surface area contributed by atoms with Crippen molar-refractivity contribution in [2.45, 2.75) is 32.6 Å². The minimum Gasteiger partial charge on any atom is -0.356 e. The van der Waals surface area contributed by atoms with Crippen LogP contribution in [-0.2, 0) is 4.79 Å². The molecule has 0 spiro atoms. The predicted molar refractivity (Wildman–Crippen MR) is 126 cm³/mol. The van der Waals surface area contributed by atoms with Crippen molar-refractivity contribution in [1.82, 2.24) is 19.9 Å². The molecule has 1 amide bonds. The van der Waals surface area contributed by atoms with Crippen LogP contribution in [0.1, 0.15) is 32.6 Å². The van der Waals surface area contributed by atoms with Crippen molar-refractivity contribution in [2.75, 3.05) is 36.0 Å². The van der Waals surface area contributed by atoms with Crippen molar-refractivity contribution < 1.29 is 9.18 Å². The molecule has 0 aliphatic carbocycles. The van der Waals surface area contributed by atoms with Crippen LogP contribution in [0, 0.1) is 11.7 Å². The number of hydrogen-bond donors (Lipinski definition) is 1. The SMILES string of the molecule is CCCSCCCNC(=O)C1CCN(c2nn3cc(-c4ccc(F)cc4)nc3s2)CC1. The first kappa shape index (κ1) is 22.1. The molecule has 1 aliphatic rings. The van der Waals surface area contributed by atoms with Crippen LogP contribution < -0.4 is 10.2 Å². The number of anilines is 1. The average Bonchev–Trinajstić information content (AvgIpc) is 3.36. The molecule has 0 radical (unpaired) electrons. The highest BCUT2D eigenvalue weighted by atomic mass is 32.2. The molecule has 0 atom stereocenters. The number of imidazole rings is 1. The second-order valence-electron chi connectivity index (χ2n) is 7.76. The molecular formula is C22H28FN5OS2. The summed E-state index contributed by atoms with van der Waals surface area (Å²) >= 11 is 3.50. The summed E-state index contributed by atoms with van der Waals surface area (Å²) in [5, 5.41) is 8.71. The van der Waals surface area contributed by atoms with E-state index in [4.69, 9.17) is 0 Å². The number of nitrogens with one attached hydrogen (secondary N) is 1. The average molecular weight is 462 g/mol. The zero-order valence-corrected chi connectivity index (χ0v) is 19.4. The zero-order chi connectivity index (χ0) is 21.6. The van der Waals surface area contributed by atoms with Crippen molar-refractivity contribution in [1.29, 1.82) is 0 Å². The van der Waals surface area contributed by atoms with Crippen molar-refractivity contribution in [2.24, 2.45) is 5.92 Å². The summed E-state index contributed by atoms with van der Waals surface area (Å²) in [6, 6.07) is 6.33. The number of carbonyl (C=O) groups excluding carboxylic acids is 1. The van der Waals surface area contributed by atoms with Gasteiger partial charge in [0.2, 0.25) is 16.0 Å². The molecule has 0 unspecified atom stereocenters. The number of amides is 1. The van der Waals surface area contributed by atoms with Gasteiger partial charge in [-0.2, -0.15) is 11.8 Å². The van der Waals surface area contributed by atoms with Gasteiger partial charge in [0.05, 0.1) is 11.9 Å². The van der Waals surface area contributed by atoms with Crippen LogP contribution >= 0.6 is 23.1 Å². The molecule has 166 valence electrons. The fraction of sp³-hybridized carbons (Fsp3) is 0.500. The van der Waals surface area contributed by atoms with Crippen LogP contribution in [0.25, 0.3) is 16.2 Å². The minimum atomic E-state index is -0.256. The lowest BCUT2D eigenvalue weighted by Crippen LogP contribution is -2.40. The zero-order valence-electron chi connectivity index (χ0n) is 17.7. The van der Waals surface area contributed by atoms with E-state index < -0.39 is 0 Å². The predicted octanol–water partition coefficient (Wildman–Crippen LogP) is 4.46. The largest absolute Gasteiger partial charge is 0.356 e. The molecule has 2 aromatic heterocycles. The molecule has 31 heavy (non-hydrogen) atoms. The van der Waals surface area contributed by atoms with Gasteiger partial charge < -0.3 is 10.2 Å². The Bertz CT molecular complexity index is 964. The van der Waals surface area contributed by atoms with Gasteiger partial charge in [-0.3, -0.25) is 4.79 Å². The van der Waals surface area contributed by atoms with Crippen LogP contribution in [0.3, 0.4) is 0 Å². The number of fused-ring (bicyclic) bond motifs is 1. The van der Waals surface area contributed by atoms with Crippen LogP contribution in [-0.4, -0.2) is 51.6 Å². The van der Waals surface area contributed by atoms with E-state index in [2.05, 4.69) is 27.2 Å². The third kappa shape index (κ3) is 5.57. The van der Waals surface area contributed by atoms with Gasteiger partial charge in [-0.05, 0) is 61.5 Å². The Balaban J connectivity index is 1.27. The topological polar surface area (TPSA) is 62.5 Å². The van der Waals surface area contributed by atoms with Gasteiger partial charge in [-0.1, -0.05) is 18.3 Å². The van der Waals surface area contributed by atoms with Crippen molar-refractivity contribution >= 4 is 39.1 Å². The van der Waals surface area contributed by atoms with Gasteiger partial charge in [0.1, 0.15) is 5.82 Å². The number of halogens is 1. The van der Waals surface area contributed by atoms with Gasteiger partial charge in [0.25, 0.3) is 0 Å². The van der Waals surface area contributed by atoms with Crippen LogP contribution in [0.2, 0.25) is 0 Å². The van der Waals surface area contributed by atoms with Crippen LogP contribution in [0.15, 0.2) is 30.5 Å². The summed E-state index contributed by atoms with van der Waals surface area (Å²) in [5.41, 5.74) is 1.66. The van der Waals surface area contributed by atoms with E-state index in [1.807, 2.05) is 18.0 Å². The molecule has 9 heteroatoms. The maximum Gasteiger partial charge on any atom is 0.223 e. The number of hydrogen-bond acceptors (Lipinski definition) is 6. The van der Waals surface area contributed by atoms with Gasteiger partial charge in [-0.15, -0.1) is 5.10 Å². The molecule has 3 aromatic rings. The summed E-state index contributed by atoms with van der Waals surface area (Å²) in [6.07, 6.45) is 5.81. The first-order chi connectivity index (χ1) is 15.1. The van der Waals surface area contributed by atoms with E-state index in [0.29, 0.717) is 0 Å². The van der Waals surface area contributed by atoms with Gasteiger partial charge in [-0.25, -0.2) is 13.9 Å². The molecule has 0 saturated carbocycles. The van der Waals surface area contributed by atoms with Gasteiger partial charge >= 0.3 is 0 Å². The number of thioether (sulfide) groups is 1. The maximum atomic E-state index is 13.1. The lowest BCUT2D eigenvalue weighted by atomic mass is 9.96. The first-order valence-corrected chi connectivity index (χ1v) is 12.8. The van der Waals surface area contributed by atoms with Crippen molar-refractivity contribution in [3.8, 4) is 11.3 Å². The fourth-order valence-corrected chi connectivity index (χ4v) is 5.46. The normalized spacial score (nSPS) is 15.0. The van der Waals surface area contributed by atoms with E-state index in [1.165, 1.54) is 24.3 Å². The highest BCUT2D eigenvalue weighted by Crippen LogP contribution is 2.29. The lowest BCUT2D eigenvalue weighted by molar-refractivity contribution is -0.125. The Morgan fingerprint density at radius 1 is 1.26 bits per heavy atom. The molecule has 4 rings (SSSR count). The molecule has 0 bridgehead atoms. The molecule has 1 N–H and O–H groups in total. The standard InChI is InChI=1S/C22H28FN5OS2/c1-2-13-30-14-3-10-24-20(29)17-8-11-27(12-9-17)22-26-28-15-19(25-21(28)31-22)16-4-6-18(23)7-5-16/h4-7,15,17H,2-3,8-14H2,1H3,(H,24,29). The molecule has 3 heterocycles. The van der Waals surface area contributed by atoms with E-state index in [9.17, 15) is 9.18 Å². The highest BCUT2D eigenvalue weighted by molar-refractivity contribution is 7.99. The highest BCUT2D eigenvalue weighted by Gasteiger charge is 2.26. The molecule has 1 aliphatic heterocycles. The number of nitrogens with zero attached hydrogens (tertiary/aromatic N) is 4. The molecule has 6 nitrogen and oxygen atoms in total. The summed E-state index contributed by atoms with van der Waals surface area (Å²) < 4.78 is 14.9. The van der Waals surface area contributed by atoms with E-state index in [1.54, 1.807) is 28.0 Å². The summed E-state index contributed by atoms with van der Waals surface area (Å²) in [5.74, 6) is 2.34. The molecule has 1 aromatic carbocycles. The Hall–Kier alpha value is -2.13. The molecular weight excluding hydrogens is 433 g/mol. The monoisotopic (exact) mass is 461 g/mol. The Kier molecular flexibility index (Phi) is 7.45. The maximum absolute atomic E-state index is 13.1. The Morgan fingerprint density at radius 3 is 2.74 bits per heavy atom. The van der Waals surface area contributed by atoms with Gasteiger partial charge in [0, 0.05) is 31.1 Å². The number of rotatable bonds is 9. The summed E-state index contributed by atoms with van der Waals surface area (Å²) in [7, 11) is 0. The lowest BCUT2D eigenvalue weighted by Gasteiger charge is -2.30. The minimum absolute atomic E-state index is 0.0914. The quantitative estimate of drug-likeness (QED) is 0.477. The number of aromatic nitrogens is 3. The number of carbonyl (C=O) groups is 1. The molecule has 1 saturated heterocycles. The van der Waals surface area contributed by atoms with E-state index in [0.717, 1.165) is 66.0 Å². The Morgan fingerprint density at radius 2 is 2.03 bits per heavy atom. The third-order valence-electron chi connectivity index (χ3n) is 5.42. The smallest absolute Gasteiger partial charge is 0.223 e. The second kappa shape index (κ2) is 10.5. The summed E-state index contributed by atoms with van der Waals surface area (Å²) in [4.78, 5) is 20.1. The van der Waals surface area contributed by atoms with Crippen molar-refractivity contribution in [3.05, 3.63) is 36.3 Å². The number of piperidine rings is 1. The first-order valence-electron chi connectivity index (χ1n) is 10.9. The Labute approximate surface area is 190 Å². The fourth-order valence-electron chi connectivity index (χ4n) is 3.69. The summed E-state index contributed by atoms with van der Waals surface area (Å²) in [6.45, 7) is 4.61. The van der Waals surface area contributed by atoms with Gasteiger partial charge in [0.15, 0.2) is 0 Å². The number of benzene rings is 1. The van der Waals surface area contributed by atoms with Crippen LogP contribution in [0.5, 0.6) is 0 Å². The van der Waals surface area contributed by atoms with E-state index in [-0.39, 0.29) is 17.6 Å².